The van der Waals surface area contributed by atoms with Crippen molar-refractivity contribution in [2.24, 2.45) is 46.3 Å². The minimum atomic E-state index is -0.875. The van der Waals surface area contributed by atoms with E-state index in [0.29, 0.717) is 33.7 Å². The molecule has 4 aliphatic carbocycles. The molecule has 6 rings (SSSR count). The molecule has 1 aromatic heterocycles. The molecule has 2 nitrogen and oxygen atoms in total. The maximum atomic E-state index is 13.6. The Morgan fingerprint density at radius 1 is 0.941 bits per heavy atom. The monoisotopic (exact) mass is 469 g/mol. The molecular formula is C30H41F2NO. The van der Waals surface area contributed by atoms with Crippen LogP contribution in [0.5, 0.6) is 0 Å². The van der Waals surface area contributed by atoms with E-state index in [1.165, 1.54) is 64.2 Å². The van der Waals surface area contributed by atoms with Crippen molar-refractivity contribution in [2.45, 2.75) is 97.8 Å². The zero-order chi connectivity index (χ0) is 23.7. The van der Waals surface area contributed by atoms with Crippen molar-refractivity contribution in [2.75, 3.05) is 0 Å². The van der Waals surface area contributed by atoms with Gasteiger partial charge in [-0.2, -0.15) is 0 Å². The Morgan fingerprint density at radius 2 is 1.74 bits per heavy atom. The summed E-state index contributed by atoms with van der Waals surface area (Å²) in [6, 6.07) is 2.26. The summed E-state index contributed by atoms with van der Waals surface area (Å²) >= 11 is 0. The van der Waals surface area contributed by atoms with E-state index in [2.05, 4.69) is 25.8 Å². The van der Waals surface area contributed by atoms with Gasteiger partial charge >= 0.3 is 0 Å². The number of benzene rings is 1. The predicted molar refractivity (Wildman–Crippen MR) is 131 cm³/mol. The zero-order valence-electron chi connectivity index (χ0n) is 21.2. The van der Waals surface area contributed by atoms with Crippen molar-refractivity contribution in [1.29, 1.82) is 0 Å². The van der Waals surface area contributed by atoms with Crippen molar-refractivity contribution in [3.63, 3.8) is 0 Å². The SMILES string of the molecule is CC(CCc1nc2cc(F)c(F)cc2o1)C1CCC2C3CCC4CCCCC4(C)C3CCC12C. The van der Waals surface area contributed by atoms with Gasteiger partial charge in [-0.1, -0.05) is 33.6 Å². The average Bonchev–Trinajstić information content (AvgIpc) is 3.37. The van der Waals surface area contributed by atoms with Crippen LogP contribution in [0, 0.1) is 58.0 Å². The first-order valence-electron chi connectivity index (χ1n) is 14.0. The molecule has 0 bridgehead atoms. The molecule has 8 atom stereocenters. The smallest absolute Gasteiger partial charge is 0.195 e. The third kappa shape index (κ3) is 3.48. The van der Waals surface area contributed by atoms with Crippen LogP contribution in [0.25, 0.3) is 11.1 Å². The molecule has 4 fully saturated rings. The minimum Gasteiger partial charge on any atom is -0.441 e. The van der Waals surface area contributed by atoms with Crippen molar-refractivity contribution in [3.8, 4) is 0 Å². The molecule has 4 heteroatoms. The normalized spacial score (nSPS) is 40.6. The zero-order valence-corrected chi connectivity index (χ0v) is 21.2. The number of halogens is 2. The second-order valence-electron chi connectivity index (χ2n) is 13.0. The fraction of sp³-hybridized carbons (Fsp3) is 0.767. The molecule has 4 aliphatic rings. The second-order valence-corrected chi connectivity index (χ2v) is 13.0. The van der Waals surface area contributed by atoms with Gasteiger partial charge in [-0.05, 0) is 104 Å². The standard InChI is InChI=1S/C30H41F2NO/c1-18(7-12-28-33-26-16-24(31)25(32)17-27(26)34-28)21-10-11-22-20-9-8-19-6-4-5-14-29(19,2)23(20)13-15-30(21,22)3/h16-23H,4-15H2,1-3H3. The van der Waals surface area contributed by atoms with Crippen LogP contribution < -0.4 is 0 Å². The van der Waals surface area contributed by atoms with Crippen LogP contribution in [0.3, 0.4) is 0 Å². The van der Waals surface area contributed by atoms with E-state index >= 15 is 0 Å². The van der Waals surface area contributed by atoms with Gasteiger partial charge in [0.2, 0.25) is 0 Å². The first-order chi connectivity index (χ1) is 16.3. The summed E-state index contributed by atoms with van der Waals surface area (Å²) in [7, 11) is 0. The fourth-order valence-corrected chi connectivity index (χ4v) is 9.90. The third-order valence-corrected chi connectivity index (χ3v) is 11.6. The lowest BCUT2D eigenvalue weighted by atomic mass is 9.44. The number of aromatic nitrogens is 1. The van der Waals surface area contributed by atoms with Gasteiger partial charge < -0.3 is 4.42 Å². The molecule has 186 valence electrons. The average molecular weight is 470 g/mol. The molecule has 8 unspecified atom stereocenters. The number of fused-ring (bicyclic) bond motifs is 6. The Labute approximate surface area is 203 Å². The predicted octanol–water partition coefficient (Wildman–Crippen LogP) is 8.72. The van der Waals surface area contributed by atoms with Gasteiger partial charge in [0, 0.05) is 18.6 Å². The van der Waals surface area contributed by atoms with Crippen LogP contribution in [0.2, 0.25) is 0 Å². The van der Waals surface area contributed by atoms with E-state index in [4.69, 9.17) is 4.42 Å². The van der Waals surface area contributed by atoms with Gasteiger partial charge in [0.05, 0.1) is 0 Å². The van der Waals surface area contributed by atoms with Crippen molar-refractivity contribution in [1.82, 2.24) is 4.98 Å². The molecule has 1 aromatic carbocycles. The van der Waals surface area contributed by atoms with Crippen LogP contribution in [0.15, 0.2) is 16.5 Å². The lowest BCUT2D eigenvalue weighted by molar-refractivity contribution is -0.114. The van der Waals surface area contributed by atoms with Gasteiger partial charge in [0.15, 0.2) is 23.1 Å². The molecule has 0 radical (unpaired) electrons. The van der Waals surface area contributed by atoms with Crippen LogP contribution in [-0.2, 0) is 6.42 Å². The number of rotatable bonds is 4. The summed E-state index contributed by atoms with van der Waals surface area (Å²) in [5.41, 5.74) is 1.84. The number of hydrogen-bond acceptors (Lipinski definition) is 2. The number of hydrogen-bond donors (Lipinski definition) is 0. The van der Waals surface area contributed by atoms with Crippen LogP contribution >= 0.6 is 0 Å². The summed E-state index contributed by atoms with van der Waals surface area (Å²) in [5.74, 6) is 4.02. The molecular weight excluding hydrogens is 428 g/mol. The van der Waals surface area contributed by atoms with E-state index in [1.54, 1.807) is 0 Å². The minimum absolute atomic E-state index is 0.347. The van der Waals surface area contributed by atoms with E-state index in [-0.39, 0.29) is 0 Å². The summed E-state index contributed by atoms with van der Waals surface area (Å²) in [4.78, 5) is 4.44. The van der Waals surface area contributed by atoms with E-state index in [0.717, 1.165) is 54.6 Å². The fourth-order valence-electron chi connectivity index (χ4n) is 9.90. The number of oxazole rings is 1. The highest BCUT2D eigenvalue weighted by atomic mass is 19.2. The Balaban J connectivity index is 1.15. The summed E-state index contributed by atoms with van der Waals surface area (Å²) in [6.07, 6.45) is 16.2. The van der Waals surface area contributed by atoms with Gasteiger partial charge in [0.25, 0.3) is 0 Å². The molecule has 2 aromatic rings. The Hall–Kier alpha value is -1.45. The maximum absolute atomic E-state index is 13.6. The topological polar surface area (TPSA) is 26.0 Å². The van der Waals surface area contributed by atoms with Gasteiger partial charge in [-0.15, -0.1) is 0 Å². The van der Waals surface area contributed by atoms with E-state index in [9.17, 15) is 8.78 Å². The van der Waals surface area contributed by atoms with Crippen LogP contribution in [0.4, 0.5) is 8.78 Å². The molecule has 1 heterocycles. The quantitative estimate of drug-likeness (QED) is 0.447. The number of nitrogens with zero attached hydrogens (tertiary/aromatic N) is 1. The first kappa shape index (κ1) is 23.0. The van der Waals surface area contributed by atoms with Gasteiger partial charge in [-0.3, -0.25) is 0 Å². The first-order valence-corrected chi connectivity index (χ1v) is 14.0. The highest BCUT2D eigenvalue weighted by Crippen LogP contribution is 2.68. The molecule has 0 saturated heterocycles. The highest BCUT2D eigenvalue weighted by molar-refractivity contribution is 5.72. The Kier molecular flexibility index (Phi) is 5.61. The van der Waals surface area contributed by atoms with Crippen molar-refractivity contribution >= 4 is 11.1 Å². The Bertz CT molecular complexity index is 1020. The van der Waals surface area contributed by atoms with Crippen LogP contribution in [-0.4, -0.2) is 4.98 Å². The number of aryl methyl sites for hydroxylation is 1. The van der Waals surface area contributed by atoms with E-state index < -0.39 is 11.6 Å². The lowest BCUT2D eigenvalue weighted by Gasteiger charge is -2.61. The van der Waals surface area contributed by atoms with Crippen molar-refractivity contribution in [3.05, 3.63) is 29.7 Å². The third-order valence-electron chi connectivity index (χ3n) is 11.6. The molecule has 0 aliphatic heterocycles. The van der Waals surface area contributed by atoms with Gasteiger partial charge in [0.1, 0.15) is 5.52 Å². The molecule has 0 spiro atoms. The molecule has 4 saturated carbocycles. The largest absolute Gasteiger partial charge is 0.441 e. The van der Waals surface area contributed by atoms with Crippen LogP contribution in [0.1, 0.15) is 97.3 Å². The van der Waals surface area contributed by atoms with Crippen molar-refractivity contribution < 1.29 is 13.2 Å². The van der Waals surface area contributed by atoms with E-state index in [1.807, 2.05) is 0 Å². The second kappa shape index (κ2) is 8.30. The lowest BCUT2D eigenvalue weighted by Crippen LogP contribution is -2.53. The highest BCUT2D eigenvalue weighted by Gasteiger charge is 2.60. The van der Waals surface area contributed by atoms with Gasteiger partial charge in [-0.25, -0.2) is 13.8 Å². The summed E-state index contributed by atoms with van der Waals surface area (Å²) in [6.45, 7) is 7.72. The maximum Gasteiger partial charge on any atom is 0.195 e. The molecule has 0 amide bonds. The Morgan fingerprint density at radius 3 is 2.59 bits per heavy atom. The summed E-state index contributed by atoms with van der Waals surface area (Å²) < 4.78 is 32.9. The summed E-state index contributed by atoms with van der Waals surface area (Å²) in [5, 5.41) is 0. The molecule has 34 heavy (non-hydrogen) atoms. The molecule has 0 N–H and O–H groups in total.